The molecular formula is C9H8O2S. The molecule has 62 valence electrons. The summed E-state index contributed by atoms with van der Waals surface area (Å²) in [6, 6.07) is 6.92. The lowest BCUT2D eigenvalue weighted by Gasteiger charge is -2.00. The fraction of sp³-hybridized carbons (Fsp3) is 0. The van der Waals surface area contributed by atoms with E-state index in [9.17, 15) is 4.79 Å². The van der Waals surface area contributed by atoms with E-state index in [1.54, 1.807) is 24.3 Å². The van der Waals surface area contributed by atoms with E-state index < -0.39 is 5.97 Å². The number of thiol groups is 1. The molecule has 1 aromatic rings. The Balaban J connectivity index is 2.94. The summed E-state index contributed by atoms with van der Waals surface area (Å²) in [5.41, 5.74) is 0.445. The highest BCUT2D eigenvalue weighted by molar-refractivity contribution is 7.80. The van der Waals surface area contributed by atoms with Gasteiger partial charge in [-0.15, -0.1) is 12.6 Å². The molecular weight excluding hydrogens is 172 g/mol. The van der Waals surface area contributed by atoms with Crippen LogP contribution in [0.3, 0.4) is 0 Å². The highest BCUT2D eigenvalue weighted by Gasteiger charge is 2.07. The Bertz CT molecular complexity index is 307. The zero-order valence-electron chi connectivity index (χ0n) is 6.36. The number of esters is 1. The maximum atomic E-state index is 11.1. The lowest BCUT2D eigenvalue weighted by molar-refractivity contribution is 0.0660. The first-order valence-electron chi connectivity index (χ1n) is 3.35. The van der Waals surface area contributed by atoms with E-state index in [-0.39, 0.29) is 0 Å². The van der Waals surface area contributed by atoms with Crippen molar-refractivity contribution >= 4 is 18.6 Å². The summed E-state index contributed by atoms with van der Waals surface area (Å²) in [5, 5.41) is 0. The number of benzene rings is 1. The molecule has 0 spiro atoms. The Labute approximate surface area is 76.3 Å². The topological polar surface area (TPSA) is 26.3 Å². The first-order chi connectivity index (χ1) is 5.75. The van der Waals surface area contributed by atoms with Gasteiger partial charge in [0.25, 0.3) is 0 Å². The van der Waals surface area contributed by atoms with Gasteiger partial charge in [-0.3, -0.25) is 0 Å². The molecule has 0 saturated heterocycles. The van der Waals surface area contributed by atoms with Gasteiger partial charge < -0.3 is 4.74 Å². The van der Waals surface area contributed by atoms with E-state index in [0.29, 0.717) is 10.5 Å². The smallest absolute Gasteiger partial charge is 0.344 e. The molecule has 0 saturated carbocycles. The van der Waals surface area contributed by atoms with Crippen molar-refractivity contribution in [2.24, 2.45) is 0 Å². The summed E-state index contributed by atoms with van der Waals surface area (Å²) >= 11 is 4.09. The molecule has 0 fully saturated rings. The zero-order chi connectivity index (χ0) is 8.97. The maximum absolute atomic E-state index is 11.1. The van der Waals surface area contributed by atoms with Gasteiger partial charge in [-0.05, 0) is 12.1 Å². The Kier molecular flexibility index (Phi) is 2.94. The van der Waals surface area contributed by atoms with E-state index in [2.05, 4.69) is 23.9 Å². The summed E-state index contributed by atoms with van der Waals surface area (Å²) in [7, 11) is 0. The van der Waals surface area contributed by atoms with Crippen LogP contribution in [0, 0.1) is 0 Å². The van der Waals surface area contributed by atoms with Crippen LogP contribution in [0.15, 0.2) is 42.0 Å². The van der Waals surface area contributed by atoms with Gasteiger partial charge >= 0.3 is 5.97 Å². The molecule has 0 radical (unpaired) electrons. The van der Waals surface area contributed by atoms with Gasteiger partial charge in [0, 0.05) is 4.90 Å². The second-order valence-electron chi connectivity index (χ2n) is 2.09. The molecule has 0 aromatic heterocycles. The van der Waals surface area contributed by atoms with Crippen molar-refractivity contribution < 1.29 is 9.53 Å². The van der Waals surface area contributed by atoms with Crippen LogP contribution in [0.5, 0.6) is 0 Å². The normalized spacial score (nSPS) is 9.08. The Morgan fingerprint density at radius 3 is 2.75 bits per heavy atom. The maximum Gasteiger partial charge on any atom is 0.344 e. The third-order valence-electron chi connectivity index (χ3n) is 1.31. The number of hydrogen-bond donors (Lipinski definition) is 1. The number of ether oxygens (including phenoxy) is 1. The molecule has 0 atom stereocenters. The fourth-order valence-electron chi connectivity index (χ4n) is 0.785. The Morgan fingerprint density at radius 1 is 1.50 bits per heavy atom. The van der Waals surface area contributed by atoms with E-state index in [0.717, 1.165) is 6.26 Å². The number of carbonyl (C=O) groups is 1. The molecule has 1 rings (SSSR count). The standard InChI is InChI=1S/C9H8O2S/c1-2-11-9(10)7-5-3-4-6-8(7)12/h2-6,12H,1H2. The van der Waals surface area contributed by atoms with E-state index in [4.69, 9.17) is 0 Å². The van der Waals surface area contributed by atoms with Crippen LogP contribution in [0.25, 0.3) is 0 Å². The third-order valence-corrected chi connectivity index (χ3v) is 1.70. The zero-order valence-corrected chi connectivity index (χ0v) is 7.25. The molecule has 12 heavy (non-hydrogen) atoms. The average Bonchev–Trinajstić information content (AvgIpc) is 2.05. The second kappa shape index (κ2) is 3.97. The largest absolute Gasteiger partial charge is 0.432 e. The van der Waals surface area contributed by atoms with Crippen molar-refractivity contribution in [2.75, 3.05) is 0 Å². The van der Waals surface area contributed by atoms with Crippen molar-refractivity contribution in [3.8, 4) is 0 Å². The highest BCUT2D eigenvalue weighted by atomic mass is 32.1. The van der Waals surface area contributed by atoms with Gasteiger partial charge in [-0.1, -0.05) is 18.7 Å². The number of rotatable bonds is 2. The molecule has 0 unspecified atom stereocenters. The minimum atomic E-state index is -0.435. The SMILES string of the molecule is C=COC(=O)c1ccccc1S. The van der Waals surface area contributed by atoms with Gasteiger partial charge in [-0.25, -0.2) is 4.79 Å². The number of hydrogen-bond acceptors (Lipinski definition) is 3. The van der Waals surface area contributed by atoms with Crippen LogP contribution in [-0.4, -0.2) is 5.97 Å². The lowest BCUT2D eigenvalue weighted by Crippen LogP contribution is -2.00. The minimum absolute atomic E-state index is 0.435. The van der Waals surface area contributed by atoms with Crippen LogP contribution in [0.2, 0.25) is 0 Å². The van der Waals surface area contributed by atoms with E-state index >= 15 is 0 Å². The molecule has 0 amide bonds. The fourth-order valence-corrected chi connectivity index (χ4v) is 1.04. The van der Waals surface area contributed by atoms with Gasteiger partial charge in [0.15, 0.2) is 0 Å². The highest BCUT2D eigenvalue weighted by Crippen LogP contribution is 2.13. The molecule has 1 aromatic carbocycles. The monoisotopic (exact) mass is 180 g/mol. The predicted molar refractivity (Wildman–Crippen MR) is 49.3 cm³/mol. The summed E-state index contributed by atoms with van der Waals surface area (Å²) in [5.74, 6) is -0.435. The van der Waals surface area contributed by atoms with Crippen molar-refractivity contribution in [2.45, 2.75) is 4.90 Å². The molecule has 0 N–H and O–H groups in total. The molecule has 0 aliphatic carbocycles. The lowest BCUT2D eigenvalue weighted by atomic mass is 10.2. The third kappa shape index (κ3) is 1.89. The molecule has 0 bridgehead atoms. The molecule has 3 heteroatoms. The van der Waals surface area contributed by atoms with E-state index in [1.807, 2.05) is 0 Å². The summed E-state index contributed by atoms with van der Waals surface area (Å²) in [6.07, 6.45) is 1.10. The first-order valence-corrected chi connectivity index (χ1v) is 3.80. The van der Waals surface area contributed by atoms with Gasteiger partial charge in [0.1, 0.15) is 0 Å². The van der Waals surface area contributed by atoms with Crippen molar-refractivity contribution in [3.05, 3.63) is 42.7 Å². The second-order valence-corrected chi connectivity index (χ2v) is 2.57. The summed E-state index contributed by atoms with van der Waals surface area (Å²) in [4.78, 5) is 11.7. The summed E-state index contributed by atoms with van der Waals surface area (Å²) < 4.78 is 4.58. The predicted octanol–water partition coefficient (Wildman–Crippen LogP) is 2.28. The average molecular weight is 180 g/mol. The first kappa shape index (κ1) is 8.87. The van der Waals surface area contributed by atoms with Crippen LogP contribution in [-0.2, 0) is 4.74 Å². The van der Waals surface area contributed by atoms with Crippen LogP contribution in [0.1, 0.15) is 10.4 Å². The van der Waals surface area contributed by atoms with Crippen LogP contribution in [0.4, 0.5) is 0 Å². The van der Waals surface area contributed by atoms with Gasteiger partial charge in [0.05, 0.1) is 11.8 Å². The van der Waals surface area contributed by atoms with Crippen molar-refractivity contribution in [1.29, 1.82) is 0 Å². The van der Waals surface area contributed by atoms with E-state index in [1.165, 1.54) is 0 Å². The van der Waals surface area contributed by atoms with Crippen molar-refractivity contribution in [3.63, 3.8) is 0 Å². The molecule has 0 heterocycles. The van der Waals surface area contributed by atoms with Gasteiger partial charge in [-0.2, -0.15) is 0 Å². The molecule has 0 aliphatic rings. The van der Waals surface area contributed by atoms with Crippen molar-refractivity contribution in [1.82, 2.24) is 0 Å². The minimum Gasteiger partial charge on any atom is -0.432 e. The number of carbonyl (C=O) groups excluding carboxylic acids is 1. The molecule has 2 nitrogen and oxygen atoms in total. The quantitative estimate of drug-likeness (QED) is 0.429. The molecule has 0 aliphatic heterocycles. The van der Waals surface area contributed by atoms with Crippen LogP contribution >= 0.6 is 12.6 Å². The van der Waals surface area contributed by atoms with Crippen LogP contribution < -0.4 is 0 Å². The Hall–Kier alpha value is -1.22. The van der Waals surface area contributed by atoms with Gasteiger partial charge in [0.2, 0.25) is 0 Å². The summed E-state index contributed by atoms with van der Waals surface area (Å²) in [6.45, 7) is 3.29. The Morgan fingerprint density at radius 2 is 2.17 bits per heavy atom.